The lowest BCUT2D eigenvalue weighted by atomic mass is 10.1. The Hall–Kier alpha value is -2.66. The summed E-state index contributed by atoms with van der Waals surface area (Å²) < 4.78 is 0. The summed E-state index contributed by atoms with van der Waals surface area (Å²) in [5.74, 6) is 1.34. The number of benzene rings is 2. The molecule has 0 fully saturated rings. The number of para-hydroxylation sites is 1. The zero-order valence-electron chi connectivity index (χ0n) is 14.0. The quantitative estimate of drug-likeness (QED) is 0.602. The molecule has 0 saturated heterocycles. The van der Waals surface area contributed by atoms with Crippen LogP contribution in [0.2, 0.25) is 0 Å². The van der Waals surface area contributed by atoms with Crippen LogP contribution in [0.4, 0.5) is 17.5 Å². The van der Waals surface area contributed by atoms with Crippen LogP contribution in [0.3, 0.4) is 0 Å². The second-order valence-electron chi connectivity index (χ2n) is 5.86. The largest absolute Gasteiger partial charge is 0.396 e. The van der Waals surface area contributed by atoms with E-state index in [1.54, 1.807) is 0 Å². The van der Waals surface area contributed by atoms with Gasteiger partial charge in [0.15, 0.2) is 0 Å². The third-order valence-corrected chi connectivity index (χ3v) is 3.87. The molecule has 0 atom stereocenters. The molecule has 1 heterocycles. The maximum absolute atomic E-state index is 8.98. The van der Waals surface area contributed by atoms with E-state index in [0.29, 0.717) is 18.9 Å². The predicted octanol–water partition coefficient (Wildman–Crippen LogP) is 3.78. The topological polar surface area (TPSA) is 70.1 Å². The third-order valence-electron chi connectivity index (χ3n) is 3.87. The first-order valence-electron chi connectivity index (χ1n) is 8.13. The van der Waals surface area contributed by atoms with Crippen molar-refractivity contribution >= 4 is 28.4 Å². The zero-order valence-corrected chi connectivity index (χ0v) is 14.0. The summed E-state index contributed by atoms with van der Waals surface area (Å²) in [5, 5.41) is 16.6. The van der Waals surface area contributed by atoms with Gasteiger partial charge >= 0.3 is 0 Å². The number of aliphatic hydroxyl groups is 1. The minimum atomic E-state index is 0.156. The summed E-state index contributed by atoms with van der Waals surface area (Å²) in [6.07, 6.45) is 0.679. The number of fused-ring (bicyclic) bond motifs is 1. The van der Waals surface area contributed by atoms with Gasteiger partial charge in [0, 0.05) is 24.2 Å². The molecule has 0 saturated carbocycles. The van der Waals surface area contributed by atoms with E-state index in [9.17, 15) is 0 Å². The highest BCUT2D eigenvalue weighted by Crippen LogP contribution is 2.25. The van der Waals surface area contributed by atoms with Crippen molar-refractivity contribution in [2.75, 3.05) is 23.8 Å². The number of hydrogen-bond acceptors (Lipinski definition) is 5. The number of aryl methyl sites for hydroxylation is 2. The Labute approximate surface area is 141 Å². The molecule has 0 radical (unpaired) electrons. The van der Waals surface area contributed by atoms with E-state index in [1.807, 2.05) is 24.3 Å². The van der Waals surface area contributed by atoms with Gasteiger partial charge in [-0.2, -0.15) is 4.98 Å². The minimum Gasteiger partial charge on any atom is -0.396 e. The standard InChI is InChI=1S/C19H22N4O/c1-13-8-9-14(2)17(12-13)22-19-21-16-7-4-3-6-15(16)18(23-19)20-10-5-11-24/h3-4,6-9,12,24H,5,10-11H2,1-2H3,(H2,20,21,22,23). The number of anilines is 3. The average Bonchev–Trinajstić information content (AvgIpc) is 2.58. The summed E-state index contributed by atoms with van der Waals surface area (Å²) in [6, 6.07) is 14.2. The van der Waals surface area contributed by atoms with Crippen LogP contribution in [0, 0.1) is 13.8 Å². The van der Waals surface area contributed by atoms with Crippen molar-refractivity contribution in [3.05, 3.63) is 53.6 Å². The molecule has 0 aliphatic heterocycles. The van der Waals surface area contributed by atoms with Crippen LogP contribution in [0.5, 0.6) is 0 Å². The van der Waals surface area contributed by atoms with E-state index >= 15 is 0 Å². The Morgan fingerprint density at radius 1 is 1.04 bits per heavy atom. The van der Waals surface area contributed by atoms with Crippen LogP contribution in [0.1, 0.15) is 17.5 Å². The molecule has 5 heteroatoms. The van der Waals surface area contributed by atoms with Crippen molar-refractivity contribution in [2.45, 2.75) is 20.3 Å². The van der Waals surface area contributed by atoms with E-state index in [0.717, 1.165) is 28.0 Å². The molecule has 1 aromatic heterocycles. The molecule has 3 N–H and O–H groups in total. The van der Waals surface area contributed by atoms with Gasteiger partial charge < -0.3 is 15.7 Å². The number of nitrogens with one attached hydrogen (secondary N) is 2. The summed E-state index contributed by atoms with van der Waals surface area (Å²) in [6.45, 7) is 4.95. The molecule has 2 aromatic carbocycles. The molecule has 0 amide bonds. The second-order valence-corrected chi connectivity index (χ2v) is 5.86. The maximum Gasteiger partial charge on any atom is 0.229 e. The van der Waals surface area contributed by atoms with Gasteiger partial charge in [-0.15, -0.1) is 0 Å². The van der Waals surface area contributed by atoms with Crippen LogP contribution >= 0.6 is 0 Å². The molecular formula is C19H22N4O. The molecule has 0 unspecified atom stereocenters. The zero-order chi connectivity index (χ0) is 16.9. The number of aliphatic hydroxyl groups excluding tert-OH is 1. The molecule has 0 bridgehead atoms. The number of aromatic nitrogens is 2. The smallest absolute Gasteiger partial charge is 0.229 e. The van der Waals surface area contributed by atoms with Crippen molar-refractivity contribution in [3.63, 3.8) is 0 Å². The van der Waals surface area contributed by atoms with Crippen LogP contribution in [0.25, 0.3) is 10.9 Å². The Bertz CT molecular complexity index is 848. The molecule has 3 aromatic rings. The molecule has 124 valence electrons. The molecular weight excluding hydrogens is 300 g/mol. The fraction of sp³-hybridized carbons (Fsp3) is 0.263. The van der Waals surface area contributed by atoms with E-state index in [2.05, 4.69) is 52.6 Å². The Morgan fingerprint density at radius 2 is 1.88 bits per heavy atom. The van der Waals surface area contributed by atoms with Crippen molar-refractivity contribution in [3.8, 4) is 0 Å². The normalized spacial score (nSPS) is 10.8. The van der Waals surface area contributed by atoms with Crippen molar-refractivity contribution in [2.24, 2.45) is 0 Å². The maximum atomic E-state index is 8.98. The molecule has 0 spiro atoms. The highest BCUT2D eigenvalue weighted by Gasteiger charge is 2.08. The average molecular weight is 322 g/mol. The Kier molecular flexibility index (Phi) is 4.91. The van der Waals surface area contributed by atoms with Crippen molar-refractivity contribution < 1.29 is 5.11 Å². The summed E-state index contributed by atoms with van der Waals surface area (Å²) in [7, 11) is 0. The predicted molar refractivity (Wildman–Crippen MR) is 98.9 cm³/mol. The molecule has 3 rings (SSSR count). The first-order chi connectivity index (χ1) is 11.7. The monoisotopic (exact) mass is 322 g/mol. The van der Waals surface area contributed by atoms with E-state index in [4.69, 9.17) is 5.11 Å². The molecule has 5 nitrogen and oxygen atoms in total. The van der Waals surface area contributed by atoms with E-state index < -0.39 is 0 Å². The highest BCUT2D eigenvalue weighted by atomic mass is 16.3. The van der Waals surface area contributed by atoms with Crippen LogP contribution in [-0.4, -0.2) is 28.2 Å². The molecule has 24 heavy (non-hydrogen) atoms. The first-order valence-corrected chi connectivity index (χ1v) is 8.13. The van der Waals surface area contributed by atoms with Gasteiger partial charge in [-0.05, 0) is 49.6 Å². The van der Waals surface area contributed by atoms with Gasteiger partial charge in [0.2, 0.25) is 5.95 Å². The fourth-order valence-corrected chi connectivity index (χ4v) is 2.54. The summed E-state index contributed by atoms with van der Waals surface area (Å²) >= 11 is 0. The van der Waals surface area contributed by atoms with Crippen molar-refractivity contribution in [1.29, 1.82) is 0 Å². The minimum absolute atomic E-state index is 0.156. The highest BCUT2D eigenvalue weighted by molar-refractivity contribution is 5.90. The Morgan fingerprint density at radius 3 is 2.71 bits per heavy atom. The third kappa shape index (κ3) is 3.63. The van der Waals surface area contributed by atoms with Gasteiger partial charge in [-0.1, -0.05) is 24.3 Å². The van der Waals surface area contributed by atoms with Crippen LogP contribution in [-0.2, 0) is 0 Å². The van der Waals surface area contributed by atoms with Gasteiger partial charge in [-0.3, -0.25) is 0 Å². The van der Waals surface area contributed by atoms with Gasteiger partial charge in [0.05, 0.1) is 5.52 Å². The summed E-state index contributed by atoms with van der Waals surface area (Å²) in [5.41, 5.74) is 4.22. The van der Waals surface area contributed by atoms with E-state index in [1.165, 1.54) is 5.56 Å². The fourth-order valence-electron chi connectivity index (χ4n) is 2.54. The second kappa shape index (κ2) is 7.27. The van der Waals surface area contributed by atoms with Gasteiger partial charge in [0.25, 0.3) is 0 Å². The molecule has 0 aliphatic carbocycles. The first kappa shape index (κ1) is 16.2. The number of nitrogens with zero attached hydrogens (tertiary/aromatic N) is 2. The lowest BCUT2D eigenvalue weighted by Crippen LogP contribution is -2.08. The summed E-state index contributed by atoms with van der Waals surface area (Å²) in [4.78, 5) is 9.24. The SMILES string of the molecule is Cc1ccc(C)c(Nc2nc(NCCCO)c3ccccc3n2)c1. The lowest BCUT2D eigenvalue weighted by Gasteiger charge is -2.13. The van der Waals surface area contributed by atoms with Gasteiger partial charge in [-0.25, -0.2) is 4.98 Å². The van der Waals surface area contributed by atoms with E-state index in [-0.39, 0.29) is 6.61 Å². The van der Waals surface area contributed by atoms with Crippen LogP contribution < -0.4 is 10.6 Å². The van der Waals surface area contributed by atoms with Crippen molar-refractivity contribution in [1.82, 2.24) is 9.97 Å². The number of hydrogen-bond donors (Lipinski definition) is 3. The van der Waals surface area contributed by atoms with Crippen LogP contribution in [0.15, 0.2) is 42.5 Å². The Balaban J connectivity index is 1.97. The van der Waals surface area contributed by atoms with Gasteiger partial charge in [0.1, 0.15) is 5.82 Å². The number of rotatable bonds is 6. The molecule has 0 aliphatic rings. The lowest BCUT2D eigenvalue weighted by molar-refractivity contribution is 0.292.